The summed E-state index contributed by atoms with van der Waals surface area (Å²) < 4.78 is 0. The van der Waals surface area contributed by atoms with E-state index in [-0.39, 0.29) is 5.84 Å². The van der Waals surface area contributed by atoms with E-state index < -0.39 is 0 Å². The van der Waals surface area contributed by atoms with Crippen LogP contribution in [0.5, 0.6) is 0 Å². The summed E-state index contributed by atoms with van der Waals surface area (Å²) in [6.45, 7) is 4.77. The average molecular weight is 143 g/mol. The van der Waals surface area contributed by atoms with E-state index in [0.29, 0.717) is 6.54 Å². The summed E-state index contributed by atoms with van der Waals surface area (Å²) in [5, 5.41) is 13.8. The van der Waals surface area contributed by atoms with Crippen molar-refractivity contribution in [1.29, 1.82) is 0 Å². The molecule has 0 aliphatic carbocycles. The fourth-order valence-electron chi connectivity index (χ4n) is 0.456. The summed E-state index contributed by atoms with van der Waals surface area (Å²) in [5.74, 6) is 0.198. The lowest BCUT2D eigenvalue weighted by Crippen LogP contribution is -2.29. The zero-order valence-corrected chi connectivity index (χ0v) is 5.88. The lowest BCUT2D eigenvalue weighted by Gasteiger charge is -1.98. The number of nitrogens with one attached hydrogen (secondary N) is 1. The minimum Gasteiger partial charge on any atom is -0.409 e. The summed E-state index contributed by atoms with van der Waals surface area (Å²) >= 11 is 0. The number of nitrogens with two attached hydrogens (primary N) is 1. The molecule has 0 saturated heterocycles. The molecule has 0 spiro atoms. The summed E-state index contributed by atoms with van der Waals surface area (Å²) in [7, 11) is 0. The molecule has 4 N–H and O–H groups in total. The highest BCUT2D eigenvalue weighted by molar-refractivity contribution is 5.81. The van der Waals surface area contributed by atoms with Gasteiger partial charge in [0.2, 0.25) is 0 Å². The smallest absolute Gasteiger partial charge is 0.153 e. The number of oxime groups is 1. The van der Waals surface area contributed by atoms with Crippen molar-refractivity contribution in [2.45, 2.75) is 6.42 Å². The van der Waals surface area contributed by atoms with Crippen LogP contribution in [0, 0.1) is 0 Å². The molecule has 4 heteroatoms. The minimum absolute atomic E-state index is 0.198. The van der Waals surface area contributed by atoms with Gasteiger partial charge in [0.1, 0.15) is 0 Å². The maximum Gasteiger partial charge on any atom is 0.153 e. The third-order valence-electron chi connectivity index (χ3n) is 0.960. The van der Waals surface area contributed by atoms with Gasteiger partial charge in [0.05, 0.1) is 6.54 Å². The molecule has 0 aliphatic heterocycles. The Hall–Kier alpha value is -1.03. The molecular weight excluding hydrogens is 130 g/mol. The Morgan fingerprint density at radius 3 is 3.00 bits per heavy atom. The van der Waals surface area contributed by atoms with E-state index in [0.717, 1.165) is 13.0 Å². The molecule has 0 amide bonds. The van der Waals surface area contributed by atoms with Crippen molar-refractivity contribution in [1.82, 2.24) is 5.32 Å². The van der Waals surface area contributed by atoms with Crippen molar-refractivity contribution >= 4 is 5.84 Å². The van der Waals surface area contributed by atoms with Gasteiger partial charge in [-0.25, -0.2) is 0 Å². The molecule has 0 unspecified atom stereocenters. The molecule has 0 aromatic heterocycles. The molecule has 0 heterocycles. The van der Waals surface area contributed by atoms with Crippen LogP contribution in [0.15, 0.2) is 17.8 Å². The molecule has 4 nitrogen and oxygen atoms in total. The molecule has 0 aromatic rings. The van der Waals surface area contributed by atoms with Crippen LogP contribution in [-0.4, -0.2) is 24.1 Å². The third-order valence-corrected chi connectivity index (χ3v) is 0.960. The van der Waals surface area contributed by atoms with Crippen LogP contribution in [-0.2, 0) is 0 Å². The van der Waals surface area contributed by atoms with E-state index in [1.54, 1.807) is 6.08 Å². The zero-order valence-electron chi connectivity index (χ0n) is 5.88. The summed E-state index contributed by atoms with van der Waals surface area (Å²) in [6.07, 6.45) is 2.69. The first-order valence-corrected chi connectivity index (χ1v) is 3.09. The summed E-state index contributed by atoms with van der Waals surface area (Å²) in [4.78, 5) is 0. The molecule has 10 heavy (non-hydrogen) atoms. The fraction of sp³-hybridized carbons (Fsp3) is 0.500. The monoisotopic (exact) mass is 143 g/mol. The first-order valence-electron chi connectivity index (χ1n) is 3.09. The second kappa shape index (κ2) is 6.10. The molecule has 0 radical (unpaired) electrons. The summed E-state index contributed by atoms with van der Waals surface area (Å²) in [6, 6.07) is 0. The predicted molar refractivity (Wildman–Crippen MR) is 41.1 cm³/mol. The second-order valence-electron chi connectivity index (χ2n) is 1.85. The van der Waals surface area contributed by atoms with E-state index in [1.807, 2.05) is 0 Å². The molecule has 0 atom stereocenters. The van der Waals surface area contributed by atoms with Gasteiger partial charge in [0.15, 0.2) is 5.84 Å². The van der Waals surface area contributed by atoms with Crippen LogP contribution in [0.4, 0.5) is 0 Å². The molecule has 0 aromatic carbocycles. The van der Waals surface area contributed by atoms with Crippen molar-refractivity contribution < 1.29 is 5.21 Å². The highest BCUT2D eigenvalue weighted by Crippen LogP contribution is 1.73. The Morgan fingerprint density at radius 1 is 1.80 bits per heavy atom. The number of amidine groups is 1. The highest BCUT2D eigenvalue weighted by atomic mass is 16.4. The van der Waals surface area contributed by atoms with Gasteiger partial charge < -0.3 is 16.3 Å². The predicted octanol–water partition coefficient (Wildman–Crippen LogP) is -0.102. The molecule has 58 valence electrons. The second-order valence-corrected chi connectivity index (χ2v) is 1.85. The van der Waals surface area contributed by atoms with Crippen molar-refractivity contribution in [2.24, 2.45) is 10.9 Å². The molecular formula is C6H13N3O. The topological polar surface area (TPSA) is 70.6 Å². The molecule has 0 bridgehead atoms. The quantitative estimate of drug-likeness (QED) is 0.126. The van der Waals surface area contributed by atoms with Gasteiger partial charge in [-0.1, -0.05) is 11.2 Å². The lowest BCUT2D eigenvalue weighted by molar-refractivity contribution is 0.317. The van der Waals surface area contributed by atoms with E-state index >= 15 is 0 Å². The largest absolute Gasteiger partial charge is 0.409 e. The van der Waals surface area contributed by atoms with Crippen LogP contribution >= 0.6 is 0 Å². The number of hydrogen-bond donors (Lipinski definition) is 3. The van der Waals surface area contributed by atoms with E-state index in [9.17, 15) is 0 Å². The van der Waals surface area contributed by atoms with Gasteiger partial charge in [0, 0.05) is 0 Å². The Kier molecular flexibility index (Phi) is 5.47. The van der Waals surface area contributed by atoms with Crippen LogP contribution in [0.1, 0.15) is 6.42 Å². The van der Waals surface area contributed by atoms with Crippen molar-refractivity contribution in [3.8, 4) is 0 Å². The van der Waals surface area contributed by atoms with Crippen LogP contribution in [0.25, 0.3) is 0 Å². The van der Waals surface area contributed by atoms with Crippen molar-refractivity contribution in [3.05, 3.63) is 12.7 Å². The van der Waals surface area contributed by atoms with Crippen molar-refractivity contribution in [3.63, 3.8) is 0 Å². The Bertz CT molecular complexity index is 122. The standard InChI is InChI=1S/C6H13N3O/c1-2-3-4-8-5-6(7)9-10/h2,8,10H,1,3-5H2,(H2,7,9). The van der Waals surface area contributed by atoms with Crippen molar-refractivity contribution in [2.75, 3.05) is 13.1 Å². The molecule has 0 fully saturated rings. The molecule has 0 aliphatic rings. The van der Waals surface area contributed by atoms with Gasteiger partial charge in [-0.15, -0.1) is 6.58 Å². The van der Waals surface area contributed by atoms with Crippen LogP contribution in [0.3, 0.4) is 0 Å². The van der Waals surface area contributed by atoms with Crippen LogP contribution in [0.2, 0.25) is 0 Å². The van der Waals surface area contributed by atoms with E-state index in [4.69, 9.17) is 10.9 Å². The zero-order chi connectivity index (χ0) is 7.82. The first-order chi connectivity index (χ1) is 4.81. The maximum absolute atomic E-state index is 8.09. The number of nitrogens with zero attached hydrogens (tertiary/aromatic N) is 1. The normalized spacial score (nSPS) is 11.4. The molecule has 0 rings (SSSR count). The van der Waals surface area contributed by atoms with Gasteiger partial charge >= 0.3 is 0 Å². The van der Waals surface area contributed by atoms with Gasteiger partial charge in [-0.05, 0) is 13.0 Å². The average Bonchev–Trinajstić information content (AvgIpc) is 1.98. The summed E-state index contributed by atoms with van der Waals surface area (Å²) in [5.41, 5.74) is 5.17. The lowest BCUT2D eigenvalue weighted by atomic mass is 10.4. The fourth-order valence-corrected chi connectivity index (χ4v) is 0.456. The van der Waals surface area contributed by atoms with Gasteiger partial charge in [-0.2, -0.15) is 0 Å². The SMILES string of the molecule is C=CCCNC/C(N)=N\O. The number of rotatable bonds is 5. The third kappa shape index (κ3) is 5.11. The van der Waals surface area contributed by atoms with Gasteiger partial charge in [-0.3, -0.25) is 0 Å². The Balaban J connectivity index is 3.11. The van der Waals surface area contributed by atoms with E-state index in [2.05, 4.69) is 17.1 Å². The van der Waals surface area contributed by atoms with Gasteiger partial charge in [0.25, 0.3) is 0 Å². The van der Waals surface area contributed by atoms with Crippen LogP contribution < -0.4 is 11.1 Å². The Morgan fingerprint density at radius 2 is 2.50 bits per heavy atom. The maximum atomic E-state index is 8.09. The first kappa shape index (κ1) is 8.97. The number of hydrogen-bond acceptors (Lipinski definition) is 3. The molecule has 0 saturated carbocycles. The highest BCUT2D eigenvalue weighted by Gasteiger charge is 1.88. The van der Waals surface area contributed by atoms with E-state index in [1.165, 1.54) is 0 Å². The Labute approximate surface area is 60.4 Å². The minimum atomic E-state index is 0.198.